The Morgan fingerprint density at radius 3 is 2.48 bits per heavy atom. The lowest BCUT2D eigenvalue weighted by Crippen LogP contribution is -1.95. The molecule has 0 bridgehead atoms. The first-order valence-corrected chi connectivity index (χ1v) is 9.00. The van der Waals surface area contributed by atoms with Crippen LogP contribution in [0.2, 0.25) is 0 Å². The number of ether oxygens (including phenoxy) is 2. The van der Waals surface area contributed by atoms with Crippen molar-refractivity contribution in [2.75, 3.05) is 13.7 Å². The summed E-state index contributed by atoms with van der Waals surface area (Å²) in [5.74, 6) is 1.86. The van der Waals surface area contributed by atoms with Gasteiger partial charge in [-0.2, -0.15) is 0 Å². The van der Waals surface area contributed by atoms with Crippen molar-refractivity contribution < 1.29 is 9.47 Å². The quantitative estimate of drug-likeness (QED) is 0.611. The molecule has 0 amide bonds. The van der Waals surface area contributed by atoms with E-state index in [2.05, 4.69) is 49.0 Å². The predicted molar refractivity (Wildman–Crippen MR) is 105 cm³/mol. The second-order valence-electron chi connectivity index (χ2n) is 6.28. The van der Waals surface area contributed by atoms with Gasteiger partial charge in [-0.3, -0.25) is 0 Å². The molecule has 0 saturated carbocycles. The minimum Gasteiger partial charge on any atom is -0.497 e. The van der Waals surface area contributed by atoms with Crippen molar-refractivity contribution >= 4 is 11.1 Å². The molecule has 0 heterocycles. The molecule has 0 aromatic heterocycles. The second kappa shape index (κ2) is 8.06. The van der Waals surface area contributed by atoms with Gasteiger partial charge in [-0.1, -0.05) is 24.3 Å². The van der Waals surface area contributed by atoms with Crippen LogP contribution < -0.4 is 9.47 Å². The number of hydrogen-bond donors (Lipinski definition) is 0. The zero-order valence-electron chi connectivity index (χ0n) is 15.2. The standard InChI is InChI=1S/C23H26O2/c1-4-7-23-21(17-10-12-19(13-11-17)25-5-2)9-6-8-18-16-20(24-3)14-15-22(18)23/h4,10-16H,1,5-9H2,2-3H3. The third kappa shape index (κ3) is 3.79. The topological polar surface area (TPSA) is 18.5 Å². The van der Waals surface area contributed by atoms with E-state index in [0.29, 0.717) is 6.61 Å². The molecule has 25 heavy (non-hydrogen) atoms. The Balaban J connectivity index is 2.08. The van der Waals surface area contributed by atoms with Crippen molar-refractivity contribution in [3.8, 4) is 11.5 Å². The van der Waals surface area contributed by atoms with E-state index in [1.54, 1.807) is 7.11 Å². The lowest BCUT2D eigenvalue weighted by Gasteiger charge is -2.15. The number of methoxy groups -OCH3 is 1. The number of benzene rings is 2. The average molecular weight is 334 g/mol. The smallest absolute Gasteiger partial charge is 0.119 e. The molecule has 0 radical (unpaired) electrons. The highest BCUT2D eigenvalue weighted by atomic mass is 16.5. The Morgan fingerprint density at radius 2 is 1.80 bits per heavy atom. The number of aryl methyl sites for hydroxylation is 1. The van der Waals surface area contributed by atoms with Crippen LogP contribution in [0, 0.1) is 0 Å². The van der Waals surface area contributed by atoms with Gasteiger partial charge in [0, 0.05) is 0 Å². The van der Waals surface area contributed by atoms with Gasteiger partial charge in [0.15, 0.2) is 0 Å². The summed E-state index contributed by atoms with van der Waals surface area (Å²) in [6.07, 6.45) is 6.18. The fourth-order valence-corrected chi connectivity index (χ4v) is 3.58. The molecule has 0 aliphatic heterocycles. The van der Waals surface area contributed by atoms with E-state index in [1.807, 2.05) is 13.0 Å². The summed E-state index contributed by atoms with van der Waals surface area (Å²) in [5, 5.41) is 0. The second-order valence-corrected chi connectivity index (χ2v) is 6.28. The molecule has 0 spiro atoms. The molecule has 3 rings (SSSR count). The highest BCUT2D eigenvalue weighted by molar-refractivity contribution is 5.93. The van der Waals surface area contributed by atoms with E-state index in [-0.39, 0.29) is 0 Å². The van der Waals surface area contributed by atoms with Crippen LogP contribution >= 0.6 is 0 Å². The molecule has 2 nitrogen and oxygen atoms in total. The fraction of sp³-hybridized carbons (Fsp3) is 0.304. The summed E-state index contributed by atoms with van der Waals surface area (Å²) in [6.45, 7) is 6.68. The summed E-state index contributed by atoms with van der Waals surface area (Å²) >= 11 is 0. The molecular formula is C23H26O2. The molecule has 0 saturated heterocycles. The van der Waals surface area contributed by atoms with Gasteiger partial charge in [0.25, 0.3) is 0 Å². The van der Waals surface area contributed by atoms with Gasteiger partial charge in [-0.15, -0.1) is 6.58 Å². The van der Waals surface area contributed by atoms with Crippen LogP contribution in [0.1, 0.15) is 42.9 Å². The van der Waals surface area contributed by atoms with E-state index in [1.165, 1.54) is 27.8 Å². The molecule has 0 atom stereocenters. The molecule has 130 valence electrons. The van der Waals surface area contributed by atoms with Crippen LogP contribution in [0.5, 0.6) is 11.5 Å². The van der Waals surface area contributed by atoms with E-state index >= 15 is 0 Å². The lowest BCUT2D eigenvalue weighted by atomic mass is 9.90. The maximum atomic E-state index is 5.58. The number of rotatable bonds is 6. The van der Waals surface area contributed by atoms with Gasteiger partial charge >= 0.3 is 0 Å². The highest BCUT2D eigenvalue weighted by Crippen LogP contribution is 2.39. The van der Waals surface area contributed by atoms with Crippen LogP contribution in [0.25, 0.3) is 11.1 Å². The molecular weight excluding hydrogens is 308 g/mol. The number of hydrogen-bond acceptors (Lipinski definition) is 2. The third-order valence-electron chi connectivity index (χ3n) is 4.74. The zero-order chi connectivity index (χ0) is 17.6. The van der Waals surface area contributed by atoms with Crippen molar-refractivity contribution in [2.24, 2.45) is 0 Å². The van der Waals surface area contributed by atoms with Crippen LogP contribution in [-0.2, 0) is 6.42 Å². The third-order valence-corrected chi connectivity index (χ3v) is 4.74. The maximum Gasteiger partial charge on any atom is 0.119 e. The van der Waals surface area contributed by atoms with Gasteiger partial charge in [0.1, 0.15) is 11.5 Å². The van der Waals surface area contributed by atoms with Crippen molar-refractivity contribution in [1.29, 1.82) is 0 Å². The first-order chi connectivity index (χ1) is 12.3. The Labute approximate surface area is 150 Å². The Bertz CT molecular complexity index is 769. The average Bonchev–Trinajstić information content (AvgIpc) is 2.82. The minimum atomic E-state index is 0.693. The monoisotopic (exact) mass is 334 g/mol. The number of allylic oxidation sites excluding steroid dienone is 3. The van der Waals surface area contributed by atoms with E-state index in [4.69, 9.17) is 9.47 Å². The van der Waals surface area contributed by atoms with Gasteiger partial charge in [0.2, 0.25) is 0 Å². The van der Waals surface area contributed by atoms with Crippen molar-refractivity contribution in [3.05, 3.63) is 71.8 Å². The Morgan fingerprint density at radius 1 is 1.04 bits per heavy atom. The first kappa shape index (κ1) is 17.3. The van der Waals surface area contributed by atoms with Crippen LogP contribution in [0.15, 0.2) is 55.1 Å². The molecule has 2 heteroatoms. The number of fused-ring (bicyclic) bond motifs is 1. The Hall–Kier alpha value is -2.48. The Kier molecular flexibility index (Phi) is 5.60. The largest absolute Gasteiger partial charge is 0.497 e. The minimum absolute atomic E-state index is 0.693. The van der Waals surface area contributed by atoms with Gasteiger partial charge in [-0.05, 0) is 84.7 Å². The summed E-state index contributed by atoms with van der Waals surface area (Å²) in [6, 6.07) is 14.9. The molecule has 1 aliphatic carbocycles. The maximum absolute atomic E-state index is 5.58. The molecule has 0 N–H and O–H groups in total. The van der Waals surface area contributed by atoms with Crippen LogP contribution in [0.3, 0.4) is 0 Å². The van der Waals surface area contributed by atoms with E-state index < -0.39 is 0 Å². The van der Waals surface area contributed by atoms with Gasteiger partial charge in [-0.25, -0.2) is 0 Å². The summed E-state index contributed by atoms with van der Waals surface area (Å²) in [4.78, 5) is 0. The summed E-state index contributed by atoms with van der Waals surface area (Å²) < 4.78 is 11.0. The molecule has 0 fully saturated rings. The molecule has 1 aliphatic rings. The first-order valence-electron chi connectivity index (χ1n) is 9.00. The lowest BCUT2D eigenvalue weighted by molar-refractivity contribution is 0.340. The summed E-state index contributed by atoms with van der Waals surface area (Å²) in [7, 11) is 1.73. The zero-order valence-corrected chi connectivity index (χ0v) is 15.2. The van der Waals surface area contributed by atoms with Crippen molar-refractivity contribution in [3.63, 3.8) is 0 Å². The van der Waals surface area contributed by atoms with Crippen LogP contribution in [-0.4, -0.2) is 13.7 Å². The van der Waals surface area contributed by atoms with Gasteiger partial charge in [0.05, 0.1) is 13.7 Å². The van der Waals surface area contributed by atoms with E-state index in [0.717, 1.165) is 37.2 Å². The summed E-state index contributed by atoms with van der Waals surface area (Å²) in [5.41, 5.74) is 6.80. The molecule has 2 aromatic carbocycles. The molecule has 2 aromatic rings. The predicted octanol–water partition coefficient (Wildman–Crippen LogP) is 5.92. The SMILES string of the molecule is C=CCC1=C(c2ccc(OCC)cc2)CCCc2cc(OC)ccc21. The van der Waals surface area contributed by atoms with Crippen molar-refractivity contribution in [1.82, 2.24) is 0 Å². The highest BCUT2D eigenvalue weighted by Gasteiger charge is 2.18. The van der Waals surface area contributed by atoms with Crippen LogP contribution in [0.4, 0.5) is 0 Å². The van der Waals surface area contributed by atoms with E-state index in [9.17, 15) is 0 Å². The molecule has 0 unspecified atom stereocenters. The normalized spacial score (nSPS) is 13.8. The van der Waals surface area contributed by atoms with Gasteiger partial charge < -0.3 is 9.47 Å². The van der Waals surface area contributed by atoms with Crippen molar-refractivity contribution in [2.45, 2.75) is 32.6 Å². The fourth-order valence-electron chi connectivity index (χ4n) is 3.58.